The van der Waals surface area contributed by atoms with Gasteiger partial charge >= 0.3 is 0 Å². The lowest BCUT2D eigenvalue weighted by Crippen LogP contribution is -2.50. The summed E-state index contributed by atoms with van der Waals surface area (Å²) in [6, 6.07) is 6.84. The number of nitrogens with one attached hydrogen (secondary N) is 1. The van der Waals surface area contributed by atoms with Crippen LogP contribution in [-0.4, -0.2) is 75.2 Å². The molecular formula is C21H32FN5. The predicted octanol–water partition coefficient (Wildman–Crippen LogP) is 2.40. The van der Waals surface area contributed by atoms with Crippen molar-refractivity contribution >= 4 is 11.6 Å². The first kappa shape index (κ1) is 18.5. The number of guanidine groups is 1. The summed E-state index contributed by atoms with van der Waals surface area (Å²) in [6.07, 6.45) is 5.54. The van der Waals surface area contributed by atoms with Crippen molar-refractivity contribution in [2.45, 2.75) is 25.7 Å². The second-order valence-corrected chi connectivity index (χ2v) is 8.30. The van der Waals surface area contributed by atoms with E-state index in [0.717, 1.165) is 57.5 Å². The Labute approximate surface area is 162 Å². The lowest BCUT2D eigenvalue weighted by atomic mass is 9.68. The normalized spacial score (nSPS) is 23.0. The van der Waals surface area contributed by atoms with Crippen molar-refractivity contribution in [2.75, 3.05) is 64.3 Å². The Morgan fingerprint density at radius 2 is 1.81 bits per heavy atom. The number of benzene rings is 1. The molecule has 3 fully saturated rings. The Balaban J connectivity index is 1.18. The van der Waals surface area contributed by atoms with Gasteiger partial charge in [0.25, 0.3) is 0 Å². The predicted molar refractivity (Wildman–Crippen MR) is 109 cm³/mol. The molecule has 0 unspecified atom stereocenters. The van der Waals surface area contributed by atoms with Crippen molar-refractivity contribution in [1.82, 2.24) is 15.1 Å². The largest absolute Gasteiger partial charge is 0.369 e. The number of nitrogens with zero attached hydrogens (tertiary/aromatic N) is 4. The maximum atomic E-state index is 13.1. The van der Waals surface area contributed by atoms with E-state index in [2.05, 4.69) is 25.0 Å². The zero-order chi connectivity index (χ0) is 18.7. The third-order valence-electron chi connectivity index (χ3n) is 6.64. The molecule has 0 atom stereocenters. The van der Waals surface area contributed by atoms with Gasteiger partial charge in [-0.1, -0.05) is 6.42 Å². The number of hydrogen-bond donors (Lipinski definition) is 1. The Morgan fingerprint density at radius 1 is 1.07 bits per heavy atom. The van der Waals surface area contributed by atoms with E-state index in [1.165, 1.54) is 32.2 Å². The molecule has 148 valence electrons. The summed E-state index contributed by atoms with van der Waals surface area (Å²) in [5.41, 5.74) is 1.72. The fraction of sp³-hybridized carbons (Fsp3) is 0.667. The van der Waals surface area contributed by atoms with E-state index >= 15 is 0 Å². The SMILES string of the molecule is CN=C(NCCN1CCN(c2ccc(F)cc2)CC1)N1CCC2(CCC2)C1. The van der Waals surface area contributed by atoms with Gasteiger partial charge in [-0.2, -0.15) is 0 Å². The minimum absolute atomic E-state index is 0.168. The summed E-state index contributed by atoms with van der Waals surface area (Å²) in [5, 5.41) is 3.57. The van der Waals surface area contributed by atoms with Gasteiger partial charge in [-0.25, -0.2) is 4.39 Å². The zero-order valence-corrected chi connectivity index (χ0v) is 16.5. The van der Waals surface area contributed by atoms with E-state index < -0.39 is 0 Å². The van der Waals surface area contributed by atoms with E-state index in [-0.39, 0.29) is 5.82 Å². The van der Waals surface area contributed by atoms with Gasteiger partial charge in [-0.3, -0.25) is 9.89 Å². The van der Waals surface area contributed by atoms with Gasteiger partial charge in [0.05, 0.1) is 0 Å². The second-order valence-electron chi connectivity index (χ2n) is 8.30. The molecule has 2 saturated heterocycles. The first-order valence-electron chi connectivity index (χ1n) is 10.4. The standard InChI is InChI=1S/C21H32FN5/c1-23-20(27-11-9-21(17-27)7-2-8-21)24-10-12-25-13-15-26(16-14-25)19-5-3-18(22)4-6-19/h3-6H,2,7-17H2,1H3,(H,23,24). The summed E-state index contributed by atoms with van der Waals surface area (Å²) >= 11 is 0. The van der Waals surface area contributed by atoms with Gasteiger partial charge in [0.2, 0.25) is 0 Å². The Hall–Kier alpha value is -1.82. The molecule has 2 aliphatic heterocycles. The van der Waals surface area contributed by atoms with Crippen LogP contribution in [0.2, 0.25) is 0 Å². The Kier molecular flexibility index (Phi) is 5.53. The van der Waals surface area contributed by atoms with Gasteiger partial charge in [0.1, 0.15) is 5.82 Å². The summed E-state index contributed by atoms with van der Waals surface area (Å²) in [6.45, 7) is 8.39. The molecule has 0 bridgehead atoms. The molecule has 1 saturated carbocycles. The molecule has 6 heteroatoms. The first-order chi connectivity index (χ1) is 13.2. The van der Waals surface area contributed by atoms with Gasteiger partial charge in [0, 0.05) is 65.1 Å². The van der Waals surface area contributed by atoms with E-state index in [1.54, 1.807) is 12.1 Å². The van der Waals surface area contributed by atoms with Crippen LogP contribution in [0.15, 0.2) is 29.3 Å². The zero-order valence-electron chi connectivity index (χ0n) is 16.5. The molecule has 1 aliphatic carbocycles. The van der Waals surface area contributed by atoms with Crippen molar-refractivity contribution in [3.8, 4) is 0 Å². The fourth-order valence-electron chi connectivity index (χ4n) is 4.74. The molecule has 1 aromatic carbocycles. The number of piperazine rings is 1. The average molecular weight is 374 g/mol. The summed E-state index contributed by atoms with van der Waals surface area (Å²) in [5.74, 6) is 0.904. The monoisotopic (exact) mass is 373 g/mol. The highest BCUT2D eigenvalue weighted by Crippen LogP contribution is 2.47. The van der Waals surface area contributed by atoms with Crippen LogP contribution in [0.1, 0.15) is 25.7 Å². The van der Waals surface area contributed by atoms with Crippen LogP contribution in [0, 0.1) is 11.2 Å². The third-order valence-corrected chi connectivity index (χ3v) is 6.64. The molecule has 1 aromatic rings. The Bertz CT molecular complexity index is 647. The minimum Gasteiger partial charge on any atom is -0.369 e. The van der Waals surface area contributed by atoms with E-state index in [0.29, 0.717) is 5.41 Å². The van der Waals surface area contributed by atoms with Crippen molar-refractivity contribution in [3.05, 3.63) is 30.1 Å². The van der Waals surface area contributed by atoms with Crippen molar-refractivity contribution in [1.29, 1.82) is 0 Å². The highest BCUT2D eigenvalue weighted by atomic mass is 19.1. The van der Waals surface area contributed by atoms with Crippen LogP contribution in [0.3, 0.4) is 0 Å². The average Bonchev–Trinajstić information content (AvgIpc) is 3.13. The number of halogens is 1. The third kappa shape index (κ3) is 4.21. The molecule has 1 N–H and O–H groups in total. The van der Waals surface area contributed by atoms with E-state index in [1.807, 2.05) is 19.2 Å². The van der Waals surface area contributed by atoms with Crippen molar-refractivity contribution in [2.24, 2.45) is 10.4 Å². The van der Waals surface area contributed by atoms with Gasteiger partial charge in [-0.05, 0) is 48.9 Å². The van der Waals surface area contributed by atoms with E-state index in [4.69, 9.17) is 0 Å². The smallest absolute Gasteiger partial charge is 0.193 e. The Morgan fingerprint density at radius 3 is 2.41 bits per heavy atom. The van der Waals surface area contributed by atoms with Crippen molar-refractivity contribution in [3.63, 3.8) is 0 Å². The van der Waals surface area contributed by atoms with E-state index in [9.17, 15) is 4.39 Å². The van der Waals surface area contributed by atoms with Crippen LogP contribution < -0.4 is 10.2 Å². The molecule has 1 spiro atoms. The molecule has 0 aromatic heterocycles. The maximum Gasteiger partial charge on any atom is 0.193 e. The number of likely N-dealkylation sites (tertiary alicyclic amines) is 1. The lowest BCUT2D eigenvalue weighted by molar-refractivity contribution is 0.151. The first-order valence-corrected chi connectivity index (χ1v) is 10.4. The lowest BCUT2D eigenvalue weighted by Gasteiger charge is -2.38. The maximum absolute atomic E-state index is 13.1. The van der Waals surface area contributed by atoms with Crippen LogP contribution in [-0.2, 0) is 0 Å². The summed E-state index contributed by atoms with van der Waals surface area (Å²) in [4.78, 5) is 11.8. The number of anilines is 1. The number of hydrogen-bond acceptors (Lipinski definition) is 3. The minimum atomic E-state index is -0.168. The summed E-state index contributed by atoms with van der Waals surface area (Å²) in [7, 11) is 1.90. The highest BCUT2D eigenvalue weighted by Gasteiger charge is 2.43. The molecule has 0 amide bonds. The topological polar surface area (TPSA) is 34.1 Å². The van der Waals surface area contributed by atoms with Gasteiger partial charge in [-0.15, -0.1) is 0 Å². The molecule has 3 aliphatic rings. The molecular weight excluding hydrogens is 341 g/mol. The second kappa shape index (κ2) is 8.05. The number of aliphatic imine (C=N–C) groups is 1. The van der Waals surface area contributed by atoms with Crippen LogP contribution in [0.25, 0.3) is 0 Å². The van der Waals surface area contributed by atoms with Crippen LogP contribution in [0.5, 0.6) is 0 Å². The molecule has 0 radical (unpaired) electrons. The quantitative estimate of drug-likeness (QED) is 0.649. The van der Waals surface area contributed by atoms with Gasteiger partial charge < -0.3 is 15.1 Å². The van der Waals surface area contributed by atoms with Crippen LogP contribution >= 0.6 is 0 Å². The molecule has 27 heavy (non-hydrogen) atoms. The summed E-state index contributed by atoms with van der Waals surface area (Å²) < 4.78 is 13.1. The molecule has 2 heterocycles. The molecule has 5 nitrogen and oxygen atoms in total. The van der Waals surface area contributed by atoms with Crippen molar-refractivity contribution < 1.29 is 4.39 Å². The number of rotatable bonds is 4. The highest BCUT2D eigenvalue weighted by molar-refractivity contribution is 5.80. The molecule has 4 rings (SSSR count). The fourth-order valence-corrected chi connectivity index (χ4v) is 4.74. The van der Waals surface area contributed by atoms with Crippen LogP contribution in [0.4, 0.5) is 10.1 Å². The van der Waals surface area contributed by atoms with Gasteiger partial charge in [0.15, 0.2) is 5.96 Å².